The van der Waals surface area contributed by atoms with Crippen LogP contribution in [0.4, 0.5) is 0 Å². The van der Waals surface area contributed by atoms with E-state index in [0.717, 1.165) is 44.7 Å². The molecular formula is C15H23N3O2S. The van der Waals surface area contributed by atoms with Gasteiger partial charge in [-0.05, 0) is 32.9 Å². The number of nitrogens with zero attached hydrogens (tertiary/aromatic N) is 2. The van der Waals surface area contributed by atoms with Gasteiger partial charge in [-0.3, -0.25) is 9.69 Å². The highest BCUT2D eigenvalue weighted by molar-refractivity contribution is 7.09. The van der Waals surface area contributed by atoms with Crippen molar-refractivity contribution in [1.29, 1.82) is 0 Å². The van der Waals surface area contributed by atoms with Crippen LogP contribution < -0.4 is 5.32 Å². The summed E-state index contributed by atoms with van der Waals surface area (Å²) in [5, 5.41) is 6.33. The van der Waals surface area contributed by atoms with Crippen molar-refractivity contribution < 1.29 is 9.53 Å². The molecule has 2 saturated heterocycles. The first kappa shape index (κ1) is 14.9. The summed E-state index contributed by atoms with van der Waals surface area (Å²) in [6.45, 7) is 6.39. The molecule has 2 aliphatic heterocycles. The van der Waals surface area contributed by atoms with Crippen LogP contribution in [0.25, 0.3) is 0 Å². The number of aromatic nitrogens is 1. The number of methoxy groups -OCH3 is 1. The van der Waals surface area contributed by atoms with Gasteiger partial charge in [0, 0.05) is 30.1 Å². The Morgan fingerprint density at radius 2 is 2.29 bits per heavy atom. The molecule has 1 N–H and O–H groups in total. The highest BCUT2D eigenvalue weighted by atomic mass is 32.1. The molecule has 0 aliphatic carbocycles. The van der Waals surface area contributed by atoms with Gasteiger partial charge in [0.25, 0.3) is 0 Å². The van der Waals surface area contributed by atoms with Crippen molar-refractivity contribution >= 4 is 17.2 Å². The molecule has 21 heavy (non-hydrogen) atoms. The summed E-state index contributed by atoms with van der Waals surface area (Å²) in [4.78, 5) is 19.0. The monoisotopic (exact) mass is 309 g/mol. The molecule has 1 atom stereocenters. The molecule has 1 spiro atoms. The molecule has 1 aromatic rings. The Balaban J connectivity index is 1.60. The first-order valence-electron chi connectivity index (χ1n) is 7.53. The second-order valence-corrected chi connectivity index (χ2v) is 7.19. The minimum atomic E-state index is 0.0201. The van der Waals surface area contributed by atoms with Crippen LogP contribution in [0.3, 0.4) is 0 Å². The van der Waals surface area contributed by atoms with Crippen LogP contribution in [0.15, 0.2) is 5.38 Å². The first-order chi connectivity index (χ1) is 10.1. The summed E-state index contributed by atoms with van der Waals surface area (Å²) in [7, 11) is 1.68. The molecule has 5 nitrogen and oxygen atoms in total. The third kappa shape index (κ3) is 2.98. The molecule has 3 rings (SSSR count). The third-order valence-electron chi connectivity index (χ3n) is 4.88. The average Bonchev–Trinajstić information content (AvgIpc) is 3.01. The Hall–Kier alpha value is -0.980. The van der Waals surface area contributed by atoms with Gasteiger partial charge in [-0.15, -0.1) is 11.3 Å². The molecule has 1 unspecified atom stereocenters. The minimum absolute atomic E-state index is 0.0201. The molecule has 0 aromatic carbocycles. The molecular weight excluding hydrogens is 286 g/mol. The van der Waals surface area contributed by atoms with Crippen molar-refractivity contribution in [1.82, 2.24) is 15.2 Å². The smallest absolute Gasteiger partial charge is 0.226 e. The van der Waals surface area contributed by atoms with Gasteiger partial charge >= 0.3 is 0 Å². The second-order valence-electron chi connectivity index (χ2n) is 6.25. The van der Waals surface area contributed by atoms with Crippen LogP contribution in [0.5, 0.6) is 0 Å². The zero-order chi connectivity index (χ0) is 14.9. The zero-order valence-corrected chi connectivity index (χ0v) is 13.5. The molecule has 2 aliphatic rings. The van der Waals surface area contributed by atoms with Crippen LogP contribution in [0.2, 0.25) is 0 Å². The number of hydrogen-bond donors (Lipinski definition) is 1. The van der Waals surface area contributed by atoms with E-state index in [9.17, 15) is 4.79 Å². The molecule has 1 aromatic heterocycles. The van der Waals surface area contributed by atoms with Crippen LogP contribution in [0, 0.1) is 18.3 Å². The highest BCUT2D eigenvalue weighted by Gasteiger charge is 2.49. The largest absolute Gasteiger partial charge is 0.384 e. The zero-order valence-electron chi connectivity index (χ0n) is 12.7. The van der Waals surface area contributed by atoms with Crippen LogP contribution in [-0.4, -0.2) is 49.1 Å². The Labute approximate surface area is 129 Å². The number of carbonyl (C=O) groups is 1. The van der Waals surface area contributed by atoms with Crippen molar-refractivity contribution in [2.75, 3.05) is 33.4 Å². The molecule has 3 heterocycles. The van der Waals surface area contributed by atoms with E-state index in [4.69, 9.17) is 4.74 Å². The van der Waals surface area contributed by atoms with Gasteiger partial charge in [0.1, 0.15) is 5.01 Å². The predicted molar refractivity (Wildman–Crippen MR) is 82.2 cm³/mol. The van der Waals surface area contributed by atoms with E-state index >= 15 is 0 Å². The lowest BCUT2D eigenvalue weighted by Gasteiger charge is -2.41. The van der Waals surface area contributed by atoms with E-state index < -0.39 is 0 Å². The van der Waals surface area contributed by atoms with E-state index in [1.54, 1.807) is 18.4 Å². The van der Waals surface area contributed by atoms with Crippen LogP contribution in [0.1, 0.15) is 23.5 Å². The van der Waals surface area contributed by atoms with E-state index in [1.807, 2.05) is 6.92 Å². The fourth-order valence-corrected chi connectivity index (χ4v) is 4.37. The lowest BCUT2D eigenvalue weighted by atomic mass is 9.71. The molecule has 0 radical (unpaired) electrons. The summed E-state index contributed by atoms with van der Waals surface area (Å²) in [6, 6.07) is 0. The number of ether oxygens (including phenoxy) is 1. The molecule has 2 fully saturated rings. The third-order valence-corrected chi connectivity index (χ3v) is 5.83. The number of amides is 1. The number of carbonyl (C=O) groups excluding carboxylic acids is 1. The average molecular weight is 309 g/mol. The van der Waals surface area contributed by atoms with Crippen molar-refractivity contribution in [2.45, 2.75) is 26.3 Å². The minimum Gasteiger partial charge on any atom is -0.384 e. The van der Waals surface area contributed by atoms with Crippen LogP contribution in [-0.2, 0) is 16.1 Å². The van der Waals surface area contributed by atoms with E-state index in [0.29, 0.717) is 6.61 Å². The van der Waals surface area contributed by atoms with Gasteiger partial charge in [0.05, 0.1) is 19.1 Å². The number of aryl methyl sites for hydroxylation is 1. The molecule has 1 amide bonds. The molecule has 116 valence electrons. The van der Waals surface area contributed by atoms with Crippen molar-refractivity contribution in [3.63, 3.8) is 0 Å². The lowest BCUT2D eigenvalue weighted by Crippen LogP contribution is -2.45. The van der Waals surface area contributed by atoms with Gasteiger partial charge in [0.2, 0.25) is 5.91 Å². The maximum absolute atomic E-state index is 12.0. The van der Waals surface area contributed by atoms with Gasteiger partial charge in [0.15, 0.2) is 0 Å². The normalized spacial score (nSPS) is 25.4. The maximum atomic E-state index is 12.0. The summed E-state index contributed by atoms with van der Waals surface area (Å²) in [5.74, 6) is 0.188. The molecule has 0 bridgehead atoms. The maximum Gasteiger partial charge on any atom is 0.226 e. The van der Waals surface area contributed by atoms with Crippen LogP contribution >= 0.6 is 11.3 Å². The molecule has 6 heteroatoms. The Bertz CT molecular complexity index is 509. The van der Waals surface area contributed by atoms with E-state index in [-0.39, 0.29) is 17.2 Å². The fraction of sp³-hybridized carbons (Fsp3) is 0.733. The lowest BCUT2D eigenvalue weighted by molar-refractivity contribution is -0.126. The summed E-state index contributed by atoms with van der Waals surface area (Å²) < 4.78 is 5.27. The number of likely N-dealkylation sites (tertiary alicyclic amines) is 1. The van der Waals surface area contributed by atoms with Crippen molar-refractivity contribution in [2.24, 2.45) is 11.3 Å². The second kappa shape index (κ2) is 6.02. The molecule has 0 saturated carbocycles. The SMILES string of the molecule is COCC1C(=O)NCC12CCN(Cc1nc(C)cs1)CC2. The van der Waals surface area contributed by atoms with Gasteiger partial charge in [-0.25, -0.2) is 4.98 Å². The summed E-state index contributed by atoms with van der Waals surface area (Å²) >= 11 is 1.74. The standard InChI is InChI=1S/C15H23N3O2S/c1-11-9-21-13(17-11)7-18-5-3-15(4-6-18)10-16-14(19)12(15)8-20-2/h9,12H,3-8,10H2,1-2H3,(H,16,19). The number of piperidine rings is 1. The van der Waals surface area contributed by atoms with Gasteiger partial charge < -0.3 is 10.1 Å². The fourth-order valence-electron chi connectivity index (χ4n) is 3.56. The summed E-state index contributed by atoms with van der Waals surface area (Å²) in [5.41, 5.74) is 1.21. The number of hydrogen-bond acceptors (Lipinski definition) is 5. The quantitative estimate of drug-likeness (QED) is 0.914. The topological polar surface area (TPSA) is 54.5 Å². The number of rotatable bonds is 4. The van der Waals surface area contributed by atoms with E-state index in [1.165, 1.54) is 5.01 Å². The number of thiazole rings is 1. The van der Waals surface area contributed by atoms with Crippen molar-refractivity contribution in [3.8, 4) is 0 Å². The number of nitrogens with one attached hydrogen (secondary N) is 1. The Morgan fingerprint density at radius 1 is 1.52 bits per heavy atom. The van der Waals surface area contributed by atoms with E-state index in [2.05, 4.69) is 20.6 Å². The first-order valence-corrected chi connectivity index (χ1v) is 8.41. The summed E-state index contributed by atoms with van der Waals surface area (Å²) in [6.07, 6.45) is 2.12. The van der Waals surface area contributed by atoms with Crippen molar-refractivity contribution in [3.05, 3.63) is 16.1 Å². The van der Waals surface area contributed by atoms with Gasteiger partial charge in [-0.2, -0.15) is 0 Å². The Kier molecular flexibility index (Phi) is 4.28. The predicted octanol–water partition coefficient (Wildman–Crippen LogP) is 1.43. The Morgan fingerprint density at radius 3 is 2.90 bits per heavy atom. The van der Waals surface area contributed by atoms with Gasteiger partial charge in [-0.1, -0.05) is 0 Å². The highest BCUT2D eigenvalue weighted by Crippen LogP contribution is 2.42.